The average molecular weight is 373 g/mol. The molecule has 1 saturated carbocycles. The number of rotatable bonds is 7. The third-order valence-corrected chi connectivity index (χ3v) is 5.29. The van der Waals surface area contributed by atoms with Gasteiger partial charge in [0.25, 0.3) is 5.91 Å². The fraction of sp³-hybridized carbons (Fsp3) is 0.684. The zero-order valence-electron chi connectivity index (χ0n) is 15.6. The molecule has 1 aromatic heterocycles. The Kier molecular flexibility index (Phi) is 5.52. The third kappa shape index (κ3) is 4.55. The van der Waals surface area contributed by atoms with Crippen LogP contribution in [-0.2, 0) is 16.0 Å². The quantitative estimate of drug-likeness (QED) is 0.744. The number of anilines is 1. The molecule has 3 aliphatic rings. The van der Waals surface area contributed by atoms with Crippen molar-refractivity contribution in [2.24, 2.45) is 0 Å². The van der Waals surface area contributed by atoms with Gasteiger partial charge in [-0.25, -0.2) is 9.97 Å². The Bertz CT molecular complexity index is 695. The molecule has 2 aliphatic heterocycles. The number of ether oxygens (including phenoxy) is 1. The fourth-order valence-electron chi connectivity index (χ4n) is 3.56. The van der Waals surface area contributed by atoms with Gasteiger partial charge >= 0.3 is 0 Å². The highest BCUT2D eigenvalue weighted by molar-refractivity contribution is 5.95. The van der Waals surface area contributed by atoms with Crippen molar-refractivity contribution in [2.45, 2.75) is 57.1 Å². The van der Waals surface area contributed by atoms with E-state index in [9.17, 15) is 9.59 Å². The molecular weight excluding hydrogens is 346 g/mol. The van der Waals surface area contributed by atoms with Gasteiger partial charge in [-0.05, 0) is 38.5 Å². The van der Waals surface area contributed by atoms with E-state index >= 15 is 0 Å². The van der Waals surface area contributed by atoms with Crippen molar-refractivity contribution in [2.75, 3.05) is 31.6 Å². The summed E-state index contributed by atoms with van der Waals surface area (Å²) in [7, 11) is 0. The number of nitrogens with zero attached hydrogens (tertiary/aromatic N) is 3. The number of carbonyl (C=O) groups excluding carboxylic acids is 2. The average Bonchev–Trinajstić information content (AvgIpc) is 3.16. The van der Waals surface area contributed by atoms with Crippen LogP contribution in [0.15, 0.2) is 6.20 Å². The molecule has 2 amide bonds. The number of carbonyl (C=O) groups is 2. The van der Waals surface area contributed by atoms with Gasteiger partial charge in [-0.3, -0.25) is 9.59 Å². The molecule has 146 valence electrons. The fourth-order valence-corrected chi connectivity index (χ4v) is 3.56. The highest BCUT2D eigenvalue weighted by Gasteiger charge is 2.26. The molecule has 0 unspecified atom stereocenters. The van der Waals surface area contributed by atoms with E-state index in [1.807, 2.05) is 4.90 Å². The van der Waals surface area contributed by atoms with E-state index in [1.54, 1.807) is 6.20 Å². The summed E-state index contributed by atoms with van der Waals surface area (Å²) in [5, 5.41) is 6.19. The van der Waals surface area contributed by atoms with Crippen LogP contribution in [0.25, 0.3) is 0 Å². The first kappa shape index (κ1) is 18.2. The Balaban J connectivity index is 1.43. The first-order valence-electron chi connectivity index (χ1n) is 10.0. The van der Waals surface area contributed by atoms with E-state index in [4.69, 9.17) is 4.74 Å². The summed E-state index contributed by atoms with van der Waals surface area (Å²) in [5.41, 5.74) is 1.24. The van der Waals surface area contributed by atoms with Crippen molar-refractivity contribution in [1.29, 1.82) is 0 Å². The summed E-state index contributed by atoms with van der Waals surface area (Å²) in [6.07, 6.45) is 7.83. The SMILES string of the molecule is O=C(NCCc1nc(NC2CC2)ncc1C(=O)N1CCCC1)[C@@H]1CCCO1. The maximum Gasteiger partial charge on any atom is 0.257 e. The van der Waals surface area contributed by atoms with Crippen molar-refractivity contribution < 1.29 is 14.3 Å². The molecule has 8 nitrogen and oxygen atoms in total. The molecule has 8 heteroatoms. The number of nitrogens with one attached hydrogen (secondary N) is 2. The normalized spacial score (nSPS) is 22.1. The van der Waals surface area contributed by atoms with Gasteiger partial charge in [-0.15, -0.1) is 0 Å². The van der Waals surface area contributed by atoms with Crippen LogP contribution in [0.2, 0.25) is 0 Å². The van der Waals surface area contributed by atoms with E-state index in [-0.39, 0.29) is 17.9 Å². The highest BCUT2D eigenvalue weighted by Crippen LogP contribution is 2.24. The van der Waals surface area contributed by atoms with Gasteiger partial charge in [0, 0.05) is 44.9 Å². The molecule has 1 aliphatic carbocycles. The molecule has 0 aromatic carbocycles. The lowest BCUT2D eigenvalue weighted by atomic mass is 10.1. The first-order valence-corrected chi connectivity index (χ1v) is 10.0. The van der Waals surface area contributed by atoms with Crippen molar-refractivity contribution >= 4 is 17.8 Å². The largest absolute Gasteiger partial charge is 0.368 e. The van der Waals surface area contributed by atoms with Crippen molar-refractivity contribution in [1.82, 2.24) is 20.2 Å². The predicted octanol–water partition coefficient (Wildman–Crippen LogP) is 1.12. The maximum atomic E-state index is 12.8. The van der Waals surface area contributed by atoms with Gasteiger partial charge < -0.3 is 20.3 Å². The standard InChI is InChI=1S/C19H27N5O3/c25-17(16-4-3-11-27-16)20-8-7-15-14(18(26)24-9-1-2-10-24)12-21-19(23-15)22-13-5-6-13/h12-13,16H,1-11H2,(H,20,25)(H,21,22,23)/t16-/m0/s1. The van der Waals surface area contributed by atoms with E-state index in [1.165, 1.54) is 0 Å². The second-order valence-corrected chi connectivity index (χ2v) is 7.51. The zero-order chi connectivity index (χ0) is 18.6. The van der Waals surface area contributed by atoms with Crippen molar-refractivity contribution in [3.05, 3.63) is 17.5 Å². The number of hydrogen-bond donors (Lipinski definition) is 2. The molecule has 27 heavy (non-hydrogen) atoms. The van der Waals surface area contributed by atoms with Crippen LogP contribution in [0.1, 0.15) is 54.6 Å². The minimum Gasteiger partial charge on any atom is -0.368 e. The van der Waals surface area contributed by atoms with Gasteiger partial charge in [0.2, 0.25) is 11.9 Å². The third-order valence-electron chi connectivity index (χ3n) is 5.29. The molecule has 0 bridgehead atoms. The van der Waals surface area contributed by atoms with E-state index in [0.717, 1.165) is 51.6 Å². The lowest BCUT2D eigenvalue weighted by Crippen LogP contribution is -2.36. The molecule has 0 spiro atoms. The predicted molar refractivity (Wildman–Crippen MR) is 99.5 cm³/mol. The van der Waals surface area contributed by atoms with Crippen LogP contribution in [0.5, 0.6) is 0 Å². The molecule has 4 rings (SSSR count). The van der Waals surface area contributed by atoms with E-state index < -0.39 is 0 Å². The van der Waals surface area contributed by atoms with Crippen molar-refractivity contribution in [3.8, 4) is 0 Å². The van der Waals surface area contributed by atoms with E-state index in [0.29, 0.717) is 42.8 Å². The topological polar surface area (TPSA) is 96.4 Å². The highest BCUT2D eigenvalue weighted by atomic mass is 16.5. The molecule has 3 heterocycles. The monoisotopic (exact) mass is 373 g/mol. The van der Waals surface area contributed by atoms with Crippen molar-refractivity contribution in [3.63, 3.8) is 0 Å². The number of amides is 2. The molecule has 2 N–H and O–H groups in total. The van der Waals surface area contributed by atoms with E-state index in [2.05, 4.69) is 20.6 Å². The number of hydrogen-bond acceptors (Lipinski definition) is 6. The van der Waals surface area contributed by atoms with Crippen LogP contribution in [0.4, 0.5) is 5.95 Å². The summed E-state index contributed by atoms with van der Waals surface area (Å²) in [5.74, 6) is 0.479. The van der Waals surface area contributed by atoms with Gasteiger partial charge in [-0.1, -0.05) is 0 Å². The Morgan fingerprint density at radius 3 is 2.70 bits per heavy atom. The number of aromatic nitrogens is 2. The van der Waals surface area contributed by atoms with Gasteiger partial charge in [0.15, 0.2) is 0 Å². The second kappa shape index (κ2) is 8.21. The van der Waals surface area contributed by atoms with Crippen LogP contribution in [0.3, 0.4) is 0 Å². The first-order chi connectivity index (χ1) is 13.2. The minimum absolute atomic E-state index is 0.00840. The smallest absolute Gasteiger partial charge is 0.257 e. The van der Waals surface area contributed by atoms with Gasteiger partial charge in [0.1, 0.15) is 6.10 Å². The number of likely N-dealkylation sites (tertiary alicyclic amines) is 1. The van der Waals surface area contributed by atoms with Crippen LogP contribution in [0, 0.1) is 0 Å². The molecule has 1 atom stereocenters. The Morgan fingerprint density at radius 2 is 2.00 bits per heavy atom. The maximum absolute atomic E-state index is 12.8. The minimum atomic E-state index is -0.340. The molecule has 3 fully saturated rings. The molecule has 1 aromatic rings. The summed E-state index contributed by atoms with van der Waals surface area (Å²) < 4.78 is 5.41. The Labute approximate surface area is 159 Å². The zero-order valence-corrected chi connectivity index (χ0v) is 15.6. The Morgan fingerprint density at radius 1 is 1.19 bits per heavy atom. The lowest BCUT2D eigenvalue weighted by Gasteiger charge is -2.18. The molecule has 0 radical (unpaired) electrons. The van der Waals surface area contributed by atoms with Crippen LogP contribution >= 0.6 is 0 Å². The Hall–Kier alpha value is -2.22. The lowest BCUT2D eigenvalue weighted by molar-refractivity contribution is -0.129. The van der Waals surface area contributed by atoms with Gasteiger partial charge in [-0.2, -0.15) is 0 Å². The van der Waals surface area contributed by atoms with Gasteiger partial charge in [0.05, 0.1) is 11.3 Å². The van der Waals surface area contributed by atoms with Crippen LogP contribution in [-0.4, -0.2) is 65.1 Å². The summed E-state index contributed by atoms with van der Waals surface area (Å²) in [4.78, 5) is 35.8. The summed E-state index contributed by atoms with van der Waals surface area (Å²) >= 11 is 0. The van der Waals surface area contributed by atoms with Crippen LogP contribution < -0.4 is 10.6 Å². The second-order valence-electron chi connectivity index (χ2n) is 7.51. The molecular formula is C19H27N5O3. The summed E-state index contributed by atoms with van der Waals surface area (Å²) in [6.45, 7) is 2.65. The summed E-state index contributed by atoms with van der Waals surface area (Å²) in [6, 6.07) is 0.442. The molecule has 2 saturated heterocycles.